The number of nitrogens with zero attached hydrogens (tertiary/aromatic N) is 3. The van der Waals surface area contributed by atoms with Crippen molar-refractivity contribution >= 4 is 18.1 Å². The van der Waals surface area contributed by atoms with Crippen LogP contribution in [0.15, 0.2) is 23.3 Å². The van der Waals surface area contributed by atoms with E-state index in [1.165, 1.54) is 0 Å². The Kier molecular flexibility index (Phi) is 8.60. The van der Waals surface area contributed by atoms with Gasteiger partial charge in [-0.25, -0.2) is 9.59 Å². The molecule has 0 bridgehead atoms. The van der Waals surface area contributed by atoms with Crippen molar-refractivity contribution in [3.8, 4) is 0 Å². The summed E-state index contributed by atoms with van der Waals surface area (Å²) in [7, 11) is 0. The van der Waals surface area contributed by atoms with E-state index >= 15 is 0 Å². The lowest BCUT2D eigenvalue weighted by atomic mass is 10.0. The Morgan fingerprint density at radius 2 is 1.75 bits per heavy atom. The SMILES string of the molecule is Cc1cccnc1CNC1CCN(/C(=N/C(=O)OC(C)(C)C)NC(=O)OC(C)(C)C)CC1. The van der Waals surface area contributed by atoms with Crippen LogP contribution in [0.5, 0.6) is 0 Å². The van der Waals surface area contributed by atoms with E-state index in [0.29, 0.717) is 25.7 Å². The van der Waals surface area contributed by atoms with Crippen LogP contribution in [0.25, 0.3) is 0 Å². The molecule has 1 aliphatic heterocycles. The second-order valence-corrected chi connectivity index (χ2v) is 9.95. The van der Waals surface area contributed by atoms with Crippen molar-refractivity contribution in [2.45, 2.75) is 85.1 Å². The van der Waals surface area contributed by atoms with Gasteiger partial charge in [0.2, 0.25) is 5.96 Å². The van der Waals surface area contributed by atoms with Crippen molar-refractivity contribution in [1.29, 1.82) is 0 Å². The van der Waals surface area contributed by atoms with Crippen LogP contribution < -0.4 is 10.6 Å². The predicted molar refractivity (Wildman–Crippen MR) is 123 cm³/mol. The number of pyridine rings is 1. The van der Waals surface area contributed by atoms with Gasteiger partial charge in [0.15, 0.2) is 0 Å². The summed E-state index contributed by atoms with van der Waals surface area (Å²) in [5.74, 6) is 0.146. The van der Waals surface area contributed by atoms with E-state index < -0.39 is 23.4 Å². The van der Waals surface area contributed by atoms with Gasteiger partial charge in [0.25, 0.3) is 0 Å². The standard InChI is InChI=1S/C23H37N5O4/c1-16-9-8-12-24-18(16)15-25-17-10-13-28(14-11-17)19(26-20(29)31-22(2,3)4)27-21(30)32-23(5,6)7/h8-9,12,17,25H,10-11,13-15H2,1-7H3,(H,26,27,29,30). The lowest BCUT2D eigenvalue weighted by Crippen LogP contribution is -2.51. The van der Waals surface area contributed by atoms with Crippen molar-refractivity contribution in [1.82, 2.24) is 20.5 Å². The Bertz CT molecular complexity index is 818. The molecule has 1 aromatic heterocycles. The first kappa shape index (κ1) is 25.6. The van der Waals surface area contributed by atoms with Gasteiger partial charge >= 0.3 is 12.2 Å². The maximum atomic E-state index is 12.3. The highest BCUT2D eigenvalue weighted by Crippen LogP contribution is 2.14. The third-order valence-corrected chi connectivity index (χ3v) is 4.67. The van der Waals surface area contributed by atoms with Crippen LogP contribution in [-0.2, 0) is 16.0 Å². The molecule has 32 heavy (non-hydrogen) atoms. The summed E-state index contributed by atoms with van der Waals surface area (Å²) in [5, 5.41) is 6.17. The molecule has 178 valence electrons. The van der Waals surface area contributed by atoms with Crippen molar-refractivity contribution in [2.75, 3.05) is 13.1 Å². The van der Waals surface area contributed by atoms with Crippen LogP contribution in [0.1, 0.15) is 65.6 Å². The van der Waals surface area contributed by atoms with Crippen LogP contribution in [-0.4, -0.2) is 58.4 Å². The maximum absolute atomic E-state index is 12.3. The van der Waals surface area contributed by atoms with E-state index in [-0.39, 0.29) is 5.96 Å². The first-order valence-electron chi connectivity index (χ1n) is 11.0. The molecule has 1 saturated heterocycles. The van der Waals surface area contributed by atoms with Crippen molar-refractivity contribution in [3.63, 3.8) is 0 Å². The topological polar surface area (TPSA) is 105 Å². The molecule has 0 saturated carbocycles. The molecule has 0 atom stereocenters. The summed E-state index contributed by atoms with van der Waals surface area (Å²) in [5.41, 5.74) is 0.846. The average Bonchev–Trinajstić information content (AvgIpc) is 2.64. The van der Waals surface area contributed by atoms with Crippen LogP contribution in [0.4, 0.5) is 9.59 Å². The summed E-state index contributed by atoms with van der Waals surface area (Å²) < 4.78 is 10.6. The minimum Gasteiger partial charge on any atom is -0.444 e. The number of aryl methyl sites for hydroxylation is 1. The molecule has 0 aromatic carbocycles. The Labute approximate surface area is 191 Å². The fraction of sp³-hybridized carbons (Fsp3) is 0.652. The Morgan fingerprint density at radius 3 is 2.31 bits per heavy atom. The summed E-state index contributed by atoms with van der Waals surface area (Å²) >= 11 is 0. The van der Waals surface area contributed by atoms with Crippen LogP contribution >= 0.6 is 0 Å². The number of likely N-dealkylation sites (tertiary alicyclic amines) is 1. The second kappa shape index (κ2) is 10.8. The zero-order chi connectivity index (χ0) is 23.9. The van der Waals surface area contributed by atoms with Crippen LogP contribution in [0, 0.1) is 6.92 Å². The van der Waals surface area contributed by atoms with Gasteiger partial charge in [0, 0.05) is 31.9 Å². The lowest BCUT2D eigenvalue weighted by Gasteiger charge is -2.34. The van der Waals surface area contributed by atoms with Gasteiger partial charge in [0.05, 0.1) is 5.69 Å². The molecule has 9 nitrogen and oxygen atoms in total. The van der Waals surface area contributed by atoms with Crippen LogP contribution in [0.3, 0.4) is 0 Å². The third kappa shape index (κ3) is 9.21. The van der Waals surface area contributed by atoms with E-state index in [1.54, 1.807) is 47.7 Å². The molecule has 9 heteroatoms. The Morgan fingerprint density at radius 1 is 1.12 bits per heavy atom. The highest BCUT2D eigenvalue weighted by atomic mass is 16.6. The number of aliphatic imine (C=N–C) groups is 1. The molecule has 2 amide bonds. The number of alkyl carbamates (subject to hydrolysis) is 1. The fourth-order valence-corrected chi connectivity index (χ4v) is 3.18. The Hall–Kier alpha value is -2.68. The first-order valence-corrected chi connectivity index (χ1v) is 11.0. The molecular weight excluding hydrogens is 410 g/mol. The van der Waals surface area contributed by atoms with E-state index in [1.807, 2.05) is 24.0 Å². The number of rotatable bonds is 3. The number of ether oxygens (including phenoxy) is 2. The quantitative estimate of drug-likeness (QED) is 0.537. The molecule has 2 N–H and O–H groups in total. The number of carbonyl (C=O) groups excluding carboxylic acids is 2. The normalized spacial score (nSPS) is 16.0. The highest BCUT2D eigenvalue weighted by Gasteiger charge is 2.26. The number of piperidine rings is 1. The van der Waals surface area contributed by atoms with Gasteiger partial charge in [0.1, 0.15) is 11.2 Å². The summed E-state index contributed by atoms with van der Waals surface area (Å²) in [6, 6.07) is 4.28. The van der Waals surface area contributed by atoms with Gasteiger partial charge in [-0.05, 0) is 72.9 Å². The molecule has 1 aliphatic rings. The van der Waals surface area contributed by atoms with Gasteiger partial charge in [-0.1, -0.05) is 6.07 Å². The number of nitrogens with one attached hydrogen (secondary N) is 2. The maximum Gasteiger partial charge on any atom is 0.437 e. The predicted octanol–water partition coefficient (Wildman–Crippen LogP) is 3.76. The minimum atomic E-state index is -0.755. The summed E-state index contributed by atoms with van der Waals surface area (Å²) in [4.78, 5) is 34.9. The molecule has 2 heterocycles. The van der Waals surface area contributed by atoms with Crippen molar-refractivity contribution in [3.05, 3.63) is 29.6 Å². The minimum absolute atomic E-state index is 0.146. The van der Waals surface area contributed by atoms with Gasteiger partial charge in [-0.3, -0.25) is 10.3 Å². The molecule has 0 aliphatic carbocycles. The zero-order valence-corrected chi connectivity index (χ0v) is 20.3. The van der Waals surface area contributed by atoms with E-state index in [2.05, 4.69) is 20.6 Å². The zero-order valence-electron chi connectivity index (χ0n) is 20.3. The number of carbonyl (C=O) groups is 2. The number of guanidine groups is 1. The van der Waals surface area contributed by atoms with Gasteiger partial charge in [-0.2, -0.15) is 0 Å². The third-order valence-electron chi connectivity index (χ3n) is 4.67. The van der Waals surface area contributed by atoms with Crippen molar-refractivity contribution in [2.24, 2.45) is 4.99 Å². The van der Waals surface area contributed by atoms with E-state index in [4.69, 9.17) is 9.47 Å². The monoisotopic (exact) mass is 447 g/mol. The second-order valence-electron chi connectivity index (χ2n) is 9.95. The van der Waals surface area contributed by atoms with E-state index in [9.17, 15) is 9.59 Å². The molecule has 2 rings (SSSR count). The largest absolute Gasteiger partial charge is 0.444 e. The van der Waals surface area contributed by atoms with Gasteiger partial charge < -0.3 is 19.7 Å². The van der Waals surface area contributed by atoms with Crippen LogP contribution in [0.2, 0.25) is 0 Å². The fourth-order valence-electron chi connectivity index (χ4n) is 3.18. The highest BCUT2D eigenvalue weighted by molar-refractivity contribution is 5.99. The lowest BCUT2D eigenvalue weighted by molar-refractivity contribution is 0.0553. The summed E-state index contributed by atoms with van der Waals surface area (Å²) in [6.07, 6.45) is 2.04. The number of aromatic nitrogens is 1. The number of hydrogen-bond donors (Lipinski definition) is 2. The molecule has 0 unspecified atom stereocenters. The van der Waals surface area contributed by atoms with E-state index in [0.717, 1.165) is 24.1 Å². The molecule has 0 radical (unpaired) electrons. The van der Waals surface area contributed by atoms with Crippen molar-refractivity contribution < 1.29 is 19.1 Å². The Balaban J connectivity index is 2.00. The molecule has 1 fully saturated rings. The average molecular weight is 448 g/mol. The summed E-state index contributed by atoms with van der Waals surface area (Å²) in [6.45, 7) is 14.6. The molecule has 1 aromatic rings. The smallest absolute Gasteiger partial charge is 0.437 e. The first-order chi connectivity index (χ1) is 14.8. The molecule has 0 spiro atoms. The molecular formula is C23H37N5O4. The number of hydrogen-bond acceptors (Lipinski definition) is 6. The van der Waals surface area contributed by atoms with Gasteiger partial charge in [-0.15, -0.1) is 4.99 Å². The number of amides is 2.